The first kappa shape index (κ1) is 17.5. The van der Waals surface area contributed by atoms with Crippen LogP contribution in [0.4, 0.5) is 5.88 Å². The highest BCUT2D eigenvalue weighted by atomic mass is 16.5. The number of esters is 1. The van der Waals surface area contributed by atoms with E-state index in [9.17, 15) is 9.59 Å². The van der Waals surface area contributed by atoms with Gasteiger partial charge in [0, 0.05) is 28.7 Å². The number of nitrogens with one attached hydrogen (secondary N) is 2. The van der Waals surface area contributed by atoms with Gasteiger partial charge in [-0.15, -0.1) is 0 Å². The van der Waals surface area contributed by atoms with Crippen molar-refractivity contribution in [1.82, 2.24) is 10.1 Å². The van der Waals surface area contributed by atoms with Crippen LogP contribution in [0, 0.1) is 6.92 Å². The summed E-state index contributed by atoms with van der Waals surface area (Å²) in [7, 11) is 0. The molecule has 0 saturated carbocycles. The summed E-state index contributed by atoms with van der Waals surface area (Å²) >= 11 is 0. The number of benzene rings is 2. The summed E-state index contributed by atoms with van der Waals surface area (Å²) in [5.41, 5.74) is 3.82. The Morgan fingerprint density at radius 1 is 1.14 bits per heavy atom. The molecule has 2 aromatic carbocycles. The molecule has 0 fully saturated rings. The number of nitrogens with zero attached hydrogens (tertiary/aromatic N) is 1. The number of ether oxygens (including phenoxy) is 1. The molecule has 7 nitrogen and oxygen atoms in total. The average Bonchev–Trinajstić information content (AvgIpc) is 3.34. The zero-order valence-corrected chi connectivity index (χ0v) is 15.1. The summed E-state index contributed by atoms with van der Waals surface area (Å²) in [4.78, 5) is 27.3. The van der Waals surface area contributed by atoms with Gasteiger partial charge in [0.2, 0.25) is 5.88 Å². The van der Waals surface area contributed by atoms with Gasteiger partial charge < -0.3 is 14.2 Å². The van der Waals surface area contributed by atoms with Crippen LogP contribution in [0.1, 0.15) is 15.9 Å². The van der Waals surface area contributed by atoms with Crippen molar-refractivity contribution in [2.45, 2.75) is 6.92 Å². The summed E-state index contributed by atoms with van der Waals surface area (Å²) in [5, 5.41) is 7.21. The van der Waals surface area contributed by atoms with E-state index in [1.807, 2.05) is 55.5 Å². The lowest BCUT2D eigenvalue weighted by molar-refractivity contribution is -0.119. The van der Waals surface area contributed by atoms with Crippen molar-refractivity contribution in [2.75, 3.05) is 11.9 Å². The van der Waals surface area contributed by atoms with Gasteiger partial charge >= 0.3 is 5.97 Å². The third-order valence-corrected chi connectivity index (χ3v) is 4.26. The number of para-hydroxylation sites is 1. The molecule has 2 N–H and O–H groups in total. The highest BCUT2D eigenvalue weighted by Crippen LogP contribution is 2.22. The Kier molecular flexibility index (Phi) is 4.63. The topological polar surface area (TPSA) is 97.2 Å². The first-order valence-corrected chi connectivity index (χ1v) is 8.67. The minimum absolute atomic E-state index is 0.184. The molecule has 0 aliphatic rings. The van der Waals surface area contributed by atoms with Crippen molar-refractivity contribution in [3.63, 3.8) is 0 Å². The molecular weight excluding hydrogens is 358 g/mol. The lowest BCUT2D eigenvalue weighted by Crippen LogP contribution is -2.20. The third kappa shape index (κ3) is 3.64. The van der Waals surface area contributed by atoms with Crippen LogP contribution in [-0.4, -0.2) is 28.6 Å². The second kappa shape index (κ2) is 7.40. The Bertz CT molecular complexity index is 1140. The maximum absolute atomic E-state index is 12.2. The van der Waals surface area contributed by atoms with Crippen molar-refractivity contribution in [3.05, 3.63) is 71.9 Å². The molecule has 0 unspecified atom stereocenters. The van der Waals surface area contributed by atoms with Gasteiger partial charge in [-0.3, -0.25) is 10.1 Å². The lowest BCUT2D eigenvalue weighted by Gasteiger charge is -2.03. The first-order chi connectivity index (χ1) is 13.6. The zero-order valence-electron chi connectivity index (χ0n) is 15.1. The number of rotatable bonds is 5. The van der Waals surface area contributed by atoms with Gasteiger partial charge in [0.15, 0.2) is 6.61 Å². The van der Waals surface area contributed by atoms with Gasteiger partial charge in [-0.2, -0.15) is 0 Å². The van der Waals surface area contributed by atoms with E-state index in [0.717, 1.165) is 22.0 Å². The Labute approximate surface area is 160 Å². The molecule has 7 heteroatoms. The molecule has 28 heavy (non-hydrogen) atoms. The number of carbonyl (C=O) groups is 2. The predicted molar refractivity (Wildman–Crippen MR) is 104 cm³/mol. The number of fused-ring (bicyclic) bond motifs is 1. The minimum Gasteiger partial charge on any atom is -0.452 e. The number of aryl methyl sites for hydroxylation is 1. The molecule has 140 valence electrons. The van der Waals surface area contributed by atoms with Crippen LogP contribution >= 0.6 is 0 Å². The Hall–Kier alpha value is -3.87. The number of carbonyl (C=O) groups excluding carboxylic acids is 2. The lowest BCUT2D eigenvalue weighted by atomic mass is 10.1. The maximum Gasteiger partial charge on any atom is 0.340 e. The zero-order chi connectivity index (χ0) is 19.5. The van der Waals surface area contributed by atoms with E-state index >= 15 is 0 Å². The van der Waals surface area contributed by atoms with Gasteiger partial charge in [-0.05, 0) is 13.0 Å². The van der Waals surface area contributed by atoms with Crippen molar-refractivity contribution >= 4 is 28.7 Å². The second-order valence-electron chi connectivity index (χ2n) is 6.31. The third-order valence-electron chi connectivity index (χ3n) is 4.26. The maximum atomic E-state index is 12.2. The number of aromatic amines is 1. The van der Waals surface area contributed by atoms with Gasteiger partial charge in [-0.1, -0.05) is 53.2 Å². The van der Waals surface area contributed by atoms with Crippen molar-refractivity contribution in [3.8, 4) is 11.3 Å². The molecule has 0 radical (unpaired) electrons. The van der Waals surface area contributed by atoms with E-state index in [-0.39, 0.29) is 5.88 Å². The molecule has 0 atom stereocenters. The molecule has 0 spiro atoms. The highest BCUT2D eigenvalue weighted by molar-refractivity contribution is 6.04. The van der Waals surface area contributed by atoms with Crippen LogP contribution in [-0.2, 0) is 9.53 Å². The Morgan fingerprint density at radius 3 is 2.75 bits per heavy atom. The fourth-order valence-electron chi connectivity index (χ4n) is 2.82. The molecule has 0 bridgehead atoms. The predicted octanol–water partition coefficient (Wildman–Crippen LogP) is 3.93. The van der Waals surface area contributed by atoms with Gasteiger partial charge in [0.05, 0.1) is 5.56 Å². The fraction of sp³-hybridized carbons (Fsp3) is 0.0952. The average molecular weight is 375 g/mol. The smallest absolute Gasteiger partial charge is 0.340 e. The van der Waals surface area contributed by atoms with E-state index in [1.54, 1.807) is 12.3 Å². The monoisotopic (exact) mass is 375 g/mol. The molecule has 0 saturated heterocycles. The van der Waals surface area contributed by atoms with Crippen LogP contribution < -0.4 is 5.32 Å². The summed E-state index contributed by atoms with van der Waals surface area (Å²) in [6.07, 6.45) is 1.56. The van der Waals surface area contributed by atoms with Crippen LogP contribution in [0.2, 0.25) is 0 Å². The standard InChI is InChI=1S/C21H17N3O4/c1-13-6-8-14(9-7-13)18-10-20(28-24-18)23-19(25)12-27-21(26)16-11-22-17-5-3-2-4-15(16)17/h2-11,22H,12H2,1H3,(H,23,25). The molecule has 4 rings (SSSR count). The fourth-order valence-corrected chi connectivity index (χ4v) is 2.82. The second-order valence-corrected chi connectivity index (χ2v) is 6.31. The van der Waals surface area contributed by atoms with Gasteiger partial charge in [0.25, 0.3) is 5.91 Å². The van der Waals surface area contributed by atoms with E-state index in [0.29, 0.717) is 11.3 Å². The molecule has 2 heterocycles. The van der Waals surface area contributed by atoms with E-state index < -0.39 is 18.5 Å². The summed E-state index contributed by atoms with van der Waals surface area (Å²) in [6.45, 7) is 1.56. The number of anilines is 1. The van der Waals surface area contributed by atoms with E-state index in [1.165, 1.54) is 0 Å². The number of H-pyrrole nitrogens is 1. The quantitative estimate of drug-likeness (QED) is 0.515. The molecule has 0 aliphatic heterocycles. The molecule has 1 amide bonds. The van der Waals surface area contributed by atoms with Gasteiger partial charge in [-0.25, -0.2) is 4.79 Å². The Balaban J connectivity index is 1.36. The molecule has 0 aliphatic carbocycles. The van der Waals surface area contributed by atoms with Crippen LogP contribution in [0.5, 0.6) is 0 Å². The number of amides is 1. The van der Waals surface area contributed by atoms with Crippen molar-refractivity contribution in [1.29, 1.82) is 0 Å². The summed E-state index contributed by atoms with van der Waals surface area (Å²) < 4.78 is 10.2. The highest BCUT2D eigenvalue weighted by Gasteiger charge is 2.16. The largest absolute Gasteiger partial charge is 0.452 e. The number of hydrogen-bond donors (Lipinski definition) is 2. The molecule has 2 aromatic heterocycles. The molecule has 4 aromatic rings. The summed E-state index contributed by atoms with van der Waals surface area (Å²) in [5.74, 6) is -0.908. The van der Waals surface area contributed by atoms with Crippen molar-refractivity contribution < 1.29 is 18.8 Å². The SMILES string of the molecule is Cc1ccc(-c2cc(NC(=O)COC(=O)c3c[nH]c4ccccc34)on2)cc1. The minimum atomic E-state index is -0.578. The number of hydrogen-bond acceptors (Lipinski definition) is 5. The first-order valence-electron chi connectivity index (χ1n) is 8.67. The summed E-state index contributed by atoms with van der Waals surface area (Å²) in [6, 6.07) is 16.7. The van der Waals surface area contributed by atoms with Crippen LogP contribution in [0.3, 0.4) is 0 Å². The van der Waals surface area contributed by atoms with E-state index in [4.69, 9.17) is 9.26 Å². The van der Waals surface area contributed by atoms with Crippen LogP contribution in [0.25, 0.3) is 22.2 Å². The number of aromatic nitrogens is 2. The van der Waals surface area contributed by atoms with Crippen LogP contribution in [0.15, 0.2) is 65.3 Å². The van der Waals surface area contributed by atoms with Crippen molar-refractivity contribution in [2.24, 2.45) is 0 Å². The normalized spacial score (nSPS) is 10.8. The van der Waals surface area contributed by atoms with E-state index in [2.05, 4.69) is 15.5 Å². The van der Waals surface area contributed by atoms with Gasteiger partial charge in [0.1, 0.15) is 5.69 Å². The Morgan fingerprint density at radius 2 is 1.93 bits per heavy atom. The molecular formula is C21H17N3O4.